The normalized spacial score (nSPS) is 11.8. The Bertz CT molecular complexity index is 1390. The van der Waals surface area contributed by atoms with Gasteiger partial charge < -0.3 is 23.6 Å². The second-order valence-corrected chi connectivity index (χ2v) is 12.8. The zero-order chi connectivity index (χ0) is 35.6. The van der Waals surface area contributed by atoms with Crippen molar-refractivity contribution in [1.82, 2.24) is 14.5 Å². The van der Waals surface area contributed by atoms with E-state index in [-0.39, 0.29) is 97.0 Å². The first kappa shape index (κ1) is 40.4. The summed E-state index contributed by atoms with van der Waals surface area (Å²) in [6, 6.07) is 11.3. The summed E-state index contributed by atoms with van der Waals surface area (Å²) < 4.78 is 20.0. The van der Waals surface area contributed by atoms with Gasteiger partial charge in [0.05, 0.1) is 50.0 Å². The first-order valence-electron chi connectivity index (χ1n) is 15.8. The maximum Gasteiger partial charge on any atom is 0.259 e. The molecule has 0 fully saturated rings. The molecule has 0 heterocycles. The number of carbonyl (C=O) groups is 4. The van der Waals surface area contributed by atoms with Crippen LogP contribution in [0.25, 0.3) is 0 Å². The van der Waals surface area contributed by atoms with E-state index in [4.69, 9.17) is 28.8 Å². The van der Waals surface area contributed by atoms with E-state index < -0.39 is 8.53 Å². The third-order valence-corrected chi connectivity index (χ3v) is 8.97. The summed E-state index contributed by atoms with van der Waals surface area (Å²) in [5, 5.41) is 8.91. The van der Waals surface area contributed by atoms with E-state index >= 15 is 0 Å². The molecular formula is C34H47N4O9P. The number of nitrogens with zero attached hydrogens (tertiary/aromatic N) is 4. The van der Waals surface area contributed by atoms with Crippen LogP contribution in [0.4, 0.5) is 0 Å². The van der Waals surface area contributed by atoms with E-state index in [2.05, 4.69) is 10.7 Å². The molecule has 48 heavy (non-hydrogen) atoms. The van der Waals surface area contributed by atoms with Gasteiger partial charge in [-0.15, -0.1) is 0 Å². The van der Waals surface area contributed by atoms with Crippen LogP contribution in [0, 0.1) is 11.3 Å². The lowest BCUT2D eigenvalue weighted by Gasteiger charge is -2.35. The Kier molecular flexibility index (Phi) is 17.9. The number of benzene rings is 2. The van der Waals surface area contributed by atoms with Gasteiger partial charge in [-0.1, -0.05) is 6.92 Å². The summed E-state index contributed by atoms with van der Waals surface area (Å²) in [5.41, 5.74) is 0.619. The van der Waals surface area contributed by atoms with Gasteiger partial charge in [-0.05, 0) is 70.5 Å². The third kappa shape index (κ3) is 12.4. The number of hydrogen-bond acceptors (Lipinski definition) is 11. The number of nitriles is 1. The fourth-order valence-electron chi connectivity index (χ4n) is 4.49. The molecule has 0 saturated carbocycles. The lowest BCUT2D eigenvalue weighted by molar-refractivity contribution is -0.294. The van der Waals surface area contributed by atoms with Gasteiger partial charge in [0.25, 0.3) is 20.3 Å². The number of likely N-dealkylation sites (N-methyl/N-ethyl adjacent to an activating group) is 2. The molecule has 0 bridgehead atoms. The maximum absolute atomic E-state index is 13.3. The minimum absolute atomic E-state index is 0.118. The number of hydrogen-bond donors (Lipinski definition) is 0. The van der Waals surface area contributed by atoms with Gasteiger partial charge in [-0.2, -0.15) is 5.26 Å². The molecule has 2 aromatic carbocycles. The average Bonchev–Trinajstić information content (AvgIpc) is 3.06. The monoisotopic (exact) mass is 686 g/mol. The summed E-state index contributed by atoms with van der Waals surface area (Å²) in [6.07, 6.45) is 2.18. The molecule has 0 saturated heterocycles. The van der Waals surface area contributed by atoms with Crippen molar-refractivity contribution in [2.24, 2.45) is 0 Å². The van der Waals surface area contributed by atoms with Gasteiger partial charge in [0.2, 0.25) is 0 Å². The third-order valence-electron chi connectivity index (χ3n) is 6.86. The fourth-order valence-corrected chi connectivity index (χ4v) is 6.07. The number of ether oxygens (including phenoxy) is 1. The van der Waals surface area contributed by atoms with E-state index in [1.807, 2.05) is 34.6 Å². The van der Waals surface area contributed by atoms with Crippen molar-refractivity contribution in [1.29, 1.82) is 5.26 Å². The molecule has 0 radical (unpaired) electrons. The van der Waals surface area contributed by atoms with E-state index in [1.165, 1.54) is 34.1 Å². The molecule has 0 aliphatic rings. The first-order valence-corrected chi connectivity index (χ1v) is 16.9. The molecule has 14 heteroatoms. The predicted molar refractivity (Wildman–Crippen MR) is 181 cm³/mol. The van der Waals surface area contributed by atoms with Crippen LogP contribution >= 0.6 is 8.53 Å². The van der Waals surface area contributed by atoms with Crippen LogP contribution in [0.15, 0.2) is 36.4 Å². The molecule has 262 valence electrons. The largest absolute Gasteiger partial charge is 0.457 e. The zero-order valence-corrected chi connectivity index (χ0v) is 29.7. The Labute approximate surface area is 284 Å². The fraction of sp³-hybridized carbons (Fsp3) is 0.500. The number of aldehydes is 2. The van der Waals surface area contributed by atoms with Crippen molar-refractivity contribution in [2.45, 2.75) is 59.5 Å². The average molecular weight is 687 g/mol. The Morgan fingerprint density at radius 3 is 1.73 bits per heavy atom. The minimum atomic E-state index is -1.46. The molecule has 2 amide bonds. The molecule has 13 nitrogen and oxygen atoms in total. The lowest BCUT2D eigenvalue weighted by Crippen LogP contribution is -2.35. The van der Waals surface area contributed by atoms with E-state index in [1.54, 1.807) is 26.2 Å². The van der Waals surface area contributed by atoms with E-state index in [0.29, 0.717) is 19.2 Å². The van der Waals surface area contributed by atoms with Crippen LogP contribution in [0.5, 0.6) is 11.5 Å². The maximum atomic E-state index is 13.3. The topological polar surface area (TPSA) is 148 Å². The lowest BCUT2D eigenvalue weighted by atomic mass is 10.1. The van der Waals surface area contributed by atoms with Gasteiger partial charge in [0.1, 0.15) is 11.5 Å². The summed E-state index contributed by atoms with van der Waals surface area (Å²) in [7, 11) is 1.75. The van der Waals surface area contributed by atoms with Gasteiger partial charge in [-0.3, -0.25) is 19.2 Å². The molecule has 0 aliphatic heterocycles. The molecule has 2 aromatic rings. The van der Waals surface area contributed by atoms with E-state index in [9.17, 15) is 19.2 Å². The summed E-state index contributed by atoms with van der Waals surface area (Å²) >= 11 is 0. The van der Waals surface area contributed by atoms with Gasteiger partial charge in [0, 0.05) is 50.4 Å². The van der Waals surface area contributed by atoms with Gasteiger partial charge in [0.15, 0.2) is 12.6 Å². The molecule has 0 N–H and O–H groups in total. The highest BCUT2D eigenvalue weighted by molar-refractivity contribution is 7.44. The highest BCUT2D eigenvalue weighted by atomic mass is 31.2. The van der Waals surface area contributed by atoms with Crippen molar-refractivity contribution >= 4 is 32.9 Å². The number of rotatable bonds is 22. The highest BCUT2D eigenvalue weighted by Crippen LogP contribution is 2.45. The minimum Gasteiger partial charge on any atom is -0.457 e. The second-order valence-electron chi connectivity index (χ2n) is 11.3. The van der Waals surface area contributed by atoms with Crippen molar-refractivity contribution < 1.29 is 42.7 Å². The summed E-state index contributed by atoms with van der Waals surface area (Å²) in [4.78, 5) is 62.9. The Morgan fingerprint density at radius 2 is 1.27 bits per heavy atom. The van der Waals surface area contributed by atoms with Gasteiger partial charge >= 0.3 is 0 Å². The van der Waals surface area contributed by atoms with Crippen molar-refractivity contribution in [2.75, 3.05) is 53.6 Å². The van der Waals surface area contributed by atoms with Crippen LogP contribution in [0.1, 0.15) is 88.9 Å². The SMILES string of the molecule is CCCOOCCN(C)C(=O)c1ccc(Oc2ccc(C(=O)N(C)CCOP(OCCC#N)N(C(C)C)C(C)C)c(C=O)c2)cc1C=O. The molecule has 0 aliphatic carbocycles. The molecule has 0 spiro atoms. The van der Waals surface area contributed by atoms with Crippen LogP contribution in [0.2, 0.25) is 0 Å². The van der Waals surface area contributed by atoms with Crippen LogP contribution in [0.3, 0.4) is 0 Å². The van der Waals surface area contributed by atoms with Crippen LogP contribution in [-0.2, 0) is 18.8 Å². The predicted octanol–water partition coefficient (Wildman–Crippen LogP) is 5.90. The van der Waals surface area contributed by atoms with Crippen LogP contribution < -0.4 is 4.74 Å². The quantitative estimate of drug-likeness (QED) is 0.0479. The van der Waals surface area contributed by atoms with E-state index in [0.717, 1.165) is 6.42 Å². The van der Waals surface area contributed by atoms with Crippen LogP contribution in [-0.4, -0.2) is 105 Å². The number of carbonyl (C=O) groups excluding carboxylic acids is 4. The zero-order valence-electron chi connectivity index (χ0n) is 28.8. The van der Waals surface area contributed by atoms with Crippen molar-refractivity contribution in [3.05, 3.63) is 58.7 Å². The Hall–Kier alpha value is -3.76. The second kappa shape index (κ2) is 21.3. The molecule has 1 atom stereocenters. The first-order chi connectivity index (χ1) is 23.0. The summed E-state index contributed by atoms with van der Waals surface area (Å²) in [5.74, 6) is -0.226. The molecular weight excluding hydrogens is 639 g/mol. The van der Waals surface area contributed by atoms with Crippen molar-refractivity contribution in [3.8, 4) is 17.6 Å². The smallest absolute Gasteiger partial charge is 0.259 e. The molecule has 1 unspecified atom stereocenters. The standard InChI is InChI=1S/C34H47N4O9P/c1-8-17-43-44-19-15-36(6)33(41)31-12-10-29(21-27(31)23-39)47-30-11-13-32(28(22-30)24-40)34(42)37(7)16-20-46-48(45-18-9-14-35)38(25(2)3)26(4)5/h10-13,21-26H,8-9,15-20H2,1-7H3. The Morgan fingerprint density at radius 1 is 0.792 bits per heavy atom. The van der Waals surface area contributed by atoms with Gasteiger partial charge in [-0.25, -0.2) is 14.4 Å². The highest BCUT2D eigenvalue weighted by Gasteiger charge is 2.27. The molecule has 0 aromatic heterocycles. The number of amides is 2. The van der Waals surface area contributed by atoms with Crippen molar-refractivity contribution in [3.63, 3.8) is 0 Å². The summed E-state index contributed by atoms with van der Waals surface area (Å²) in [6.45, 7) is 11.6. The molecule has 2 rings (SSSR count). The Balaban J connectivity index is 2.09.